The van der Waals surface area contributed by atoms with Crippen molar-refractivity contribution in [2.24, 2.45) is 0 Å². The SMILES string of the molecule is CCC(COC)NC(=O)C1(OC)CCNCC1.Cl. The maximum Gasteiger partial charge on any atom is 0.252 e. The lowest BCUT2D eigenvalue weighted by molar-refractivity contribution is -0.147. The molecule has 1 aliphatic rings. The lowest BCUT2D eigenvalue weighted by Crippen LogP contribution is -2.56. The van der Waals surface area contributed by atoms with Crippen molar-refractivity contribution in [3.63, 3.8) is 0 Å². The van der Waals surface area contributed by atoms with Crippen molar-refractivity contribution in [3.05, 3.63) is 0 Å². The molecule has 18 heavy (non-hydrogen) atoms. The van der Waals surface area contributed by atoms with Crippen molar-refractivity contribution in [1.29, 1.82) is 0 Å². The molecule has 0 spiro atoms. The molecule has 0 aliphatic carbocycles. The van der Waals surface area contributed by atoms with Crippen molar-refractivity contribution in [1.82, 2.24) is 10.6 Å². The van der Waals surface area contributed by atoms with Gasteiger partial charge in [0.05, 0.1) is 12.6 Å². The molecule has 1 heterocycles. The minimum atomic E-state index is -0.660. The normalized spacial score (nSPS) is 19.7. The van der Waals surface area contributed by atoms with Crippen LogP contribution in [0.2, 0.25) is 0 Å². The van der Waals surface area contributed by atoms with Gasteiger partial charge in [0.25, 0.3) is 5.91 Å². The lowest BCUT2D eigenvalue weighted by Gasteiger charge is -2.35. The minimum absolute atomic E-state index is 0. The topological polar surface area (TPSA) is 59.6 Å². The summed E-state index contributed by atoms with van der Waals surface area (Å²) >= 11 is 0. The number of carbonyl (C=O) groups excluding carboxylic acids is 1. The van der Waals surface area contributed by atoms with Crippen LogP contribution in [0, 0.1) is 0 Å². The van der Waals surface area contributed by atoms with Crippen molar-refractivity contribution in [2.75, 3.05) is 33.9 Å². The molecule has 0 aromatic carbocycles. The van der Waals surface area contributed by atoms with Gasteiger partial charge in [0.2, 0.25) is 0 Å². The second kappa shape index (κ2) is 8.69. The van der Waals surface area contributed by atoms with Crippen molar-refractivity contribution in [3.8, 4) is 0 Å². The Kier molecular flexibility index (Phi) is 8.52. The second-order valence-corrected chi connectivity index (χ2v) is 4.48. The van der Waals surface area contributed by atoms with Crippen LogP contribution >= 0.6 is 12.4 Å². The van der Waals surface area contributed by atoms with Crippen LogP contribution in [-0.4, -0.2) is 51.5 Å². The summed E-state index contributed by atoms with van der Waals surface area (Å²) in [6.45, 7) is 4.22. The van der Waals surface area contributed by atoms with Crippen LogP contribution in [0.25, 0.3) is 0 Å². The molecule has 0 aromatic heterocycles. The van der Waals surface area contributed by atoms with Gasteiger partial charge < -0.3 is 20.1 Å². The average Bonchev–Trinajstić information content (AvgIpc) is 2.38. The zero-order chi connectivity index (χ0) is 12.7. The standard InChI is InChI=1S/C12H24N2O3.ClH/c1-4-10(9-16-2)14-11(15)12(17-3)5-7-13-8-6-12;/h10,13H,4-9H2,1-3H3,(H,14,15);1H. The van der Waals surface area contributed by atoms with Crippen LogP contribution in [0.15, 0.2) is 0 Å². The highest BCUT2D eigenvalue weighted by Gasteiger charge is 2.40. The Balaban J connectivity index is 0.00000289. The summed E-state index contributed by atoms with van der Waals surface area (Å²) in [6, 6.07) is 0.0643. The highest BCUT2D eigenvalue weighted by molar-refractivity contribution is 5.85. The van der Waals surface area contributed by atoms with E-state index in [2.05, 4.69) is 10.6 Å². The van der Waals surface area contributed by atoms with E-state index in [1.807, 2.05) is 6.92 Å². The summed E-state index contributed by atoms with van der Waals surface area (Å²) in [5.41, 5.74) is -0.660. The quantitative estimate of drug-likeness (QED) is 0.753. The average molecular weight is 281 g/mol. The van der Waals surface area contributed by atoms with E-state index in [1.54, 1.807) is 14.2 Å². The van der Waals surface area contributed by atoms with E-state index in [9.17, 15) is 4.79 Å². The first-order chi connectivity index (χ1) is 8.18. The molecule has 5 nitrogen and oxygen atoms in total. The fourth-order valence-corrected chi connectivity index (χ4v) is 2.13. The first kappa shape index (κ1) is 17.6. The van der Waals surface area contributed by atoms with Crippen LogP contribution < -0.4 is 10.6 Å². The van der Waals surface area contributed by atoms with E-state index in [4.69, 9.17) is 9.47 Å². The molecule has 0 aromatic rings. The number of carbonyl (C=O) groups is 1. The lowest BCUT2D eigenvalue weighted by atomic mass is 9.90. The van der Waals surface area contributed by atoms with E-state index < -0.39 is 5.60 Å². The molecule has 0 saturated carbocycles. The Labute approximate surface area is 115 Å². The molecule has 0 bridgehead atoms. The molecule has 2 N–H and O–H groups in total. The van der Waals surface area contributed by atoms with Crippen LogP contribution in [-0.2, 0) is 14.3 Å². The Morgan fingerprint density at radius 2 is 2.00 bits per heavy atom. The molecule has 1 aliphatic heterocycles. The number of methoxy groups -OCH3 is 2. The van der Waals surface area contributed by atoms with Gasteiger partial charge in [-0.15, -0.1) is 12.4 Å². The van der Waals surface area contributed by atoms with Crippen LogP contribution in [0.5, 0.6) is 0 Å². The zero-order valence-electron chi connectivity index (χ0n) is 11.5. The molecule has 1 amide bonds. The summed E-state index contributed by atoms with van der Waals surface area (Å²) in [7, 11) is 3.26. The summed E-state index contributed by atoms with van der Waals surface area (Å²) in [5, 5.41) is 6.25. The predicted molar refractivity (Wildman–Crippen MR) is 73.2 cm³/mol. The van der Waals surface area contributed by atoms with Gasteiger partial charge >= 0.3 is 0 Å². The van der Waals surface area contributed by atoms with Crippen LogP contribution in [0.4, 0.5) is 0 Å². The third-order valence-electron chi connectivity index (χ3n) is 3.41. The van der Waals surface area contributed by atoms with Gasteiger partial charge in [0.1, 0.15) is 5.60 Å². The fourth-order valence-electron chi connectivity index (χ4n) is 2.13. The molecular weight excluding hydrogens is 256 g/mol. The second-order valence-electron chi connectivity index (χ2n) is 4.48. The third kappa shape index (κ3) is 4.39. The van der Waals surface area contributed by atoms with Crippen molar-refractivity contribution < 1.29 is 14.3 Å². The molecule has 1 atom stereocenters. The van der Waals surface area contributed by atoms with Crippen LogP contribution in [0.1, 0.15) is 26.2 Å². The largest absolute Gasteiger partial charge is 0.383 e. The third-order valence-corrected chi connectivity index (χ3v) is 3.41. The number of amides is 1. The number of hydrogen-bond acceptors (Lipinski definition) is 4. The predicted octanol–water partition coefficient (Wildman–Crippen LogP) is 0.718. The van der Waals surface area contributed by atoms with Gasteiger partial charge in [0, 0.05) is 14.2 Å². The van der Waals surface area contributed by atoms with Crippen molar-refractivity contribution in [2.45, 2.75) is 37.8 Å². The van der Waals surface area contributed by atoms with Gasteiger partial charge in [-0.05, 0) is 32.4 Å². The van der Waals surface area contributed by atoms with E-state index in [-0.39, 0.29) is 24.4 Å². The monoisotopic (exact) mass is 280 g/mol. The van der Waals surface area contributed by atoms with E-state index in [1.165, 1.54) is 0 Å². The Hall–Kier alpha value is -0.360. The highest BCUT2D eigenvalue weighted by Crippen LogP contribution is 2.22. The Morgan fingerprint density at radius 1 is 1.39 bits per heavy atom. The highest BCUT2D eigenvalue weighted by atomic mass is 35.5. The molecule has 1 rings (SSSR count). The first-order valence-electron chi connectivity index (χ1n) is 6.24. The van der Waals surface area contributed by atoms with Crippen LogP contribution in [0.3, 0.4) is 0 Å². The summed E-state index contributed by atoms with van der Waals surface area (Å²) in [6.07, 6.45) is 2.30. The van der Waals surface area contributed by atoms with E-state index >= 15 is 0 Å². The molecule has 0 radical (unpaired) electrons. The molecule has 108 valence electrons. The zero-order valence-corrected chi connectivity index (χ0v) is 12.3. The summed E-state index contributed by atoms with van der Waals surface area (Å²) in [5.74, 6) is -0.00889. The number of piperidine rings is 1. The van der Waals surface area contributed by atoms with Gasteiger partial charge in [-0.3, -0.25) is 4.79 Å². The first-order valence-corrected chi connectivity index (χ1v) is 6.24. The fraction of sp³-hybridized carbons (Fsp3) is 0.917. The molecule has 1 fully saturated rings. The van der Waals surface area contributed by atoms with Gasteiger partial charge in [-0.2, -0.15) is 0 Å². The number of halogens is 1. The maximum atomic E-state index is 12.3. The summed E-state index contributed by atoms with van der Waals surface area (Å²) in [4.78, 5) is 12.3. The molecule has 1 unspecified atom stereocenters. The van der Waals surface area contributed by atoms with E-state index in [0.29, 0.717) is 6.61 Å². The molecule has 1 saturated heterocycles. The Bertz CT molecular complexity index is 245. The summed E-state index contributed by atoms with van der Waals surface area (Å²) < 4.78 is 10.6. The van der Waals surface area contributed by atoms with Gasteiger partial charge in [-0.1, -0.05) is 6.92 Å². The minimum Gasteiger partial charge on any atom is -0.383 e. The Morgan fingerprint density at radius 3 is 2.44 bits per heavy atom. The van der Waals surface area contributed by atoms with Gasteiger partial charge in [-0.25, -0.2) is 0 Å². The maximum absolute atomic E-state index is 12.3. The van der Waals surface area contributed by atoms with Crippen molar-refractivity contribution >= 4 is 18.3 Å². The number of rotatable bonds is 6. The van der Waals surface area contributed by atoms with Gasteiger partial charge in [0.15, 0.2) is 0 Å². The number of hydrogen-bond donors (Lipinski definition) is 2. The van der Waals surface area contributed by atoms with E-state index in [0.717, 1.165) is 32.4 Å². The number of nitrogens with one attached hydrogen (secondary N) is 2. The molecule has 6 heteroatoms. The smallest absolute Gasteiger partial charge is 0.252 e. The number of ether oxygens (including phenoxy) is 2. The molecular formula is C12H25ClN2O3.